The lowest BCUT2D eigenvalue weighted by atomic mass is 9.78. The molecule has 2 fully saturated rings. The summed E-state index contributed by atoms with van der Waals surface area (Å²) in [5.74, 6) is 0.833. The third-order valence-corrected chi connectivity index (χ3v) is 5.18. The van der Waals surface area contributed by atoms with Gasteiger partial charge in [-0.3, -0.25) is 4.79 Å². The molecule has 0 bridgehead atoms. The summed E-state index contributed by atoms with van der Waals surface area (Å²) < 4.78 is 1.05. The van der Waals surface area contributed by atoms with Crippen LogP contribution >= 0.6 is 15.9 Å². The Morgan fingerprint density at radius 3 is 2.70 bits per heavy atom. The van der Waals surface area contributed by atoms with E-state index in [0.717, 1.165) is 55.4 Å². The Hall–Kier alpha value is -0.870. The molecule has 0 atom stereocenters. The Morgan fingerprint density at radius 1 is 1.35 bits per heavy atom. The Morgan fingerprint density at radius 2 is 2.10 bits per heavy atom. The highest BCUT2D eigenvalue weighted by Gasteiger charge is 2.42. The summed E-state index contributed by atoms with van der Waals surface area (Å²) >= 11 is 3.53. The minimum atomic E-state index is -0.305. The summed E-state index contributed by atoms with van der Waals surface area (Å²) in [7, 11) is 0. The molecule has 1 saturated carbocycles. The maximum absolute atomic E-state index is 12.8. The highest BCUT2D eigenvalue weighted by atomic mass is 79.9. The number of nitrogens with one attached hydrogen (secondary N) is 2. The van der Waals surface area contributed by atoms with Gasteiger partial charge in [0.1, 0.15) is 0 Å². The fourth-order valence-corrected chi connectivity index (χ4v) is 3.71. The number of halogens is 1. The zero-order valence-electron chi connectivity index (χ0n) is 11.6. The van der Waals surface area contributed by atoms with E-state index in [2.05, 4.69) is 38.7 Å². The molecular formula is C16H21BrN2O. The van der Waals surface area contributed by atoms with E-state index in [1.54, 1.807) is 0 Å². The summed E-state index contributed by atoms with van der Waals surface area (Å²) in [6.07, 6.45) is 4.23. The molecule has 0 radical (unpaired) electrons. The second-order valence-corrected chi connectivity index (χ2v) is 6.95. The molecule has 1 aliphatic carbocycles. The molecule has 2 aliphatic rings. The average molecular weight is 337 g/mol. The molecule has 0 unspecified atom stereocenters. The van der Waals surface area contributed by atoms with E-state index in [4.69, 9.17) is 0 Å². The predicted molar refractivity (Wildman–Crippen MR) is 83.7 cm³/mol. The van der Waals surface area contributed by atoms with Gasteiger partial charge in [0.05, 0.1) is 5.41 Å². The fraction of sp³-hybridized carbons (Fsp3) is 0.562. The van der Waals surface area contributed by atoms with Gasteiger partial charge in [-0.2, -0.15) is 0 Å². The van der Waals surface area contributed by atoms with Crippen LogP contribution in [0, 0.1) is 5.92 Å². The van der Waals surface area contributed by atoms with Crippen molar-refractivity contribution in [1.82, 2.24) is 10.6 Å². The number of hydrogen-bond acceptors (Lipinski definition) is 2. The molecule has 1 aromatic rings. The van der Waals surface area contributed by atoms with Gasteiger partial charge in [0.2, 0.25) is 5.91 Å². The minimum Gasteiger partial charge on any atom is -0.355 e. The highest BCUT2D eigenvalue weighted by Crippen LogP contribution is 2.42. The Labute approximate surface area is 128 Å². The SMILES string of the molecule is O=C(NCC1CNC1)C1(c2cccc(Br)c2)CCCC1. The summed E-state index contributed by atoms with van der Waals surface area (Å²) in [5.41, 5.74) is 0.856. The van der Waals surface area contributed by atoms with Crippen molar-refractivity contribution in [3.8, 4) is 0 Å². The molecule has 108 valence electrons. The minimum absolute atomic E-state index is 0.222. The number of amides is 1. The van der Waals surface area contributed by atoms with Crippen molar-refractivity contribution in [3.63, 3.8) is 0 Å². The van der Waals surface area contributed by atoms with Crippen LogP contribution in [0.4, 0.5) is 0 Å². The van der Waals surface area contributed by atoms with Crippen LogP contribution in [0.1, 0.15) is 31.2 Å². The van der Waals surface area contributed by atoms with Gasteiger partial charge in [0.15, 0.2) is 0 Å². The van der Waals surface area contributed by atoms with Crippen molar-refractivity contribution in [2.45, 2.75) is 31.1 Å². The van der Waals surface area contributed by atoms with Crippen LogP contribution in [0.2, 0.25) is 0 Å². The van der Waals surface area contributed by atoms with Gasteiger partial charge in [0, 0.05) is 30.0 Å². The van der Waals surface area contributed by atoms with Crippen LogP contribution in [0.5, 0.6) is 0 Å². The van der Waals surface area contributed by atoms with Gasteiger partial charge in [0.25, 0.3) is 0 Å². The lowest BCUT2D eigenvalue weighted by Gasteiger charge is -2.32. The second kappa shape index (κ2) is 5.86. The Kier molecular flexibility index (Phi) is 4.13. The van der Waals surface area contributed by atoms with Crippen molar-refractivity contribution in [2.75, 3.05) is 19.6 Å². The zero-order valence-corrected chi connectivity index (χ0v) is 13.2. The Balaban J connectivity index is 1.77. The van der Waals surface area contributed by atoms with Crippen molar-refractivity contribution < 1.29 is 4.79 Å². The van der Waals surface area contributed by atoms with Crippen molar-refractivity contribution in [3.05, 3.63) is 34.3 Å². The number of benzene rings is 1. The third-order valence-electron chi connectivity index (χ3n) is 4.69. The molecule has 20 heavy (non-hydrogen) atoms. The number of carbonyl (C=O) groups is 1. The second-order valence-electron chi connectivity index (χ2n) is 6.03. The molecule has 3 nitrogen and oxygen atoms in total. The van der Waals surface area contributed by atoms with Crippen LogP contribution in [0.15, 0.2) is 28.7 Å². The molecule has 2 N–H and O–H groups in total. The van der Waals surface area contributed by atoms with Crippen LogP contribution in [-0.4, -0.2) is 25.5 Å². The zero-order chi connectivity index (χ0) is 14.0. The van der Waals surface area contributed by atoms with E-state index in [1.807, 2.05) is 12.1 Å². The molecule has 1 aromatic carbocycles. The van der Waals surface area contributed by atoms with Crippen molar-refractivity contribution in [1.29, 1.82) is 0 Å². The van der Waals surface area contributed by atoms with Gasteiger partial charge in [-0.1, -0.05) is 40.9 Å². The van der Waals surface area contributed by atoms with E-state index < -0.39 is 0 Å². The first-order valence-corrected chi connectivity index (χ1v) is 8.25. The van der Waals surface area contributed by atoms with E-state index in [-0.39, 0.29) is 11.3 Å². The molecule has 1 saturated heterocycles. The molecule has 0 aromatic heterocycles. The van der Waals surface area contributed by atoms with Gasteiger partial charge < -0.3 is 10.6 Å². The number of hydrogen-bond donors (Lipinski definition) is 2. The largest absolute Gasteiger partial charge is 0.355 e. The fourth-order valence-electron chi connectivity index (χ4n) is 3.31. The first kappa shape index (κ1) is 14.1. The van der Waals surface area contributed by atoms with Gasteiger partial charge in [-0.15, -0.1) is 0 Å². The lowest BCUT2D eigenvalue weighted by molar-refractivity contribution is -0.126. The monoisotopic (exact) mass is 336 g/mol. The van der Waals surface area contributed by atoms with E-state index in [1.165, 1.54) is 0 Å². The third kappa shape index (κ3) is 2.63. The first-order chi connectivity index (χ1) is 9.71. The maximum atomic E-state index is 12.8. The number of rotatable bonds is 4. The topological polar surface area (TPSA) is 41.1 Å². The van der Waals surface area contributed by atoms with Crippen LogP contribution in [0.3, 0.4) is 0 Å². The number of carbonyl (C=O) groups excluding carboxylic acids is 1. The Bertz CT molecular complexity index is 493. The molecule has 1 aliphatic heterocycles. The standard InChI is InChI=1S/C16H21BrN2O/c17-14-5-3-4-13(8-14)16(6-1-2-7-16)15(20)19-11-12-9-18-10-12/h3-5,8,12,18H,1-2,6-7,9-11H2,(H,19,20). The molecule has 3 rings (SSSR count). The summed E-state index contributed by atoms with van der Waals surface area (Å²) in [6, 6.07) is 8.25. The van der Waals surface area contributed by atoms with Crippen molar-refractivity contribution >= 4 is 21.8 Å². The predicted octanol–water partition coefficient (Wildman–Crippen LogP) is 2.60. The van der Waals surface area contributed by atoms with E-state index in [9.17, 15) is 4.79 Å². The smallest absolute Gasteiger partial charge is 0.230 e. The van der Waals surface area contributed by atoms with E-state index >= 15 is 0 Å². The molecule has 0 spiro atoms. The van der Waals surface area contributed by atoms with Gasteiger partial charge in [-0.05, 0) is 30.5 Å². The summed E-state index contributed by atoms with van der Waals surface area (Å²) in [5, 5.41) is 6.44. The average Bonchev–Trinajstić information content (AvgIpc) is 2.87. The summed E-state index contributed by atoms with van der Waals surface area (Å²) in [6.45, 7) is 2.87. The highest BCUT2D eigenvalue weighted by molar-refractivity contribution is 9.10. The molecule has 1 heterocycles. The maximum Gasteiger partial charge on any atom is 0.230 e. The lowest BCUT2D eigenvalue weighted by Crippen LogP contribution is -2.51. The van der Waals surface area contributed by atoms with Gasteiger partial charge in [-0.25, -0.2) is 0 Å². The van der Waals surface area contributed by atoms with Gasteiger partial charge >= 0.3 is 0 Å². The first-order valence-electron chi connectivity index (χ1n) is 7.46. The van der Waals surface area contributed by atoms with Crippen LogP contribution in [-0.2, 0) is 10.2 Å². The molecule has 4 heteroatoms. The molecule has 1 amide bonds. The quantitative estimate of drug-likeness (QED) is 0.887. The van der Waals surface area contributed by atoms with Crippen molar-refractivity contribution in [2.24, 2.45) is 5.92 Å². The summed E-state index contributed by atoms with van der Waals surface area (Å²) in [4.78, 5) is 12.8. The van der Waals surface area contributed by atoms with Crippen LogP contribution < -0.4 is 10.6 Å². The van der Waals surface area contributed by atoms with Crippen LogP contribution in [0.25, 0.3) is 0 Å². The van der Waals surface area contributed by atoms with E-state index in [0.29, 0.717) is 5.92 Å². The molecular weight excluding hydrogens is 316 g/mol. The normalized spacial score (nSPS) is 21.4.